The molecule has 0 spiro atoms. The molecule has 1 aromatic carbocycles. The summed E-state index contributed by atoms with van der Waals surface area (Å²) >= 11 is 6.65. The fraction of sp³-hybridized carbons (Fsp3) is 0.143. The zero-order valence-electron chi connectivity index (χ0n) is 10.4. The lowest BCUT2D eigenvalue weighted by atomic mass is 10.0. The van der Waals surface area contributed by atoms with E-state index in [2.05, 4.69) is 4.98 Å². The Bertz CT molecular complexity index is 653. The zero-order chi connectivity index (χ0) is 14.2. The normalized spacial score (nSPS) is 22.3. The molecule has 0 saturated carbocycles. The van der Waals surface area contributed by atoms with E-state index < -0.39 is 5.72 Å². The molecule has 3 rings (SSSR count). The van der Waals surface area contributed by atoms with Gasteiger partial charge in [-0.15, -0.1) is 0 Å². The predicted molar refractivity (Wildman–Crippen MR) is 82.1 cm³/mol. The molecule has 1 atom stereocenters. The van der Waals surface area contributed by atoms with Gasteiger partial charge in [0.25, 0.3) is 0 Å². The van der Waals surface area contributed by atoms with Crippen LogP contribution in [0.25, 0.3) is 0 Å². The lowest BCUT2D eigenvalue weighted by Gasteiger charge is -2.33. The SMILES string of the molecule is OC1(c2cccc(F)c2)CSC(=S)N1c1ccccn1. The van der Waals surface area contributed by atoms with Gasteiger partial charge in [0.15, 0.2) is 5.72 Å². The first kappa shape index (κ1) is 13.5. The summed E-state index contributed by atoms with van der Waals surface area (Å²) in [4.78, 5) is 5.80. The highest BCUT2D eigenvalue weighted by atomic mass is 32.2. The van der Waals surface area contributed by atoms with Crippen LogP contribution in [0.4, 0.5) is 10.2 Å². The molecule has 6 heteroatoms. The van der Waals surface area contributed by atoms with E-state index in [1.54, 1.807) is 35.4 Å². The minimum atomic E-state index is -1.38. The number of rotatable bonds is 2. The molecule has 1 aromatic heterocycles. The molecule has 2 heterocycles. The Labute approximate surface area is 125 Å². The summed E-state index contributed by atoms with van der Waals surface area (Å²) in [5.41, 5.74) is -0.909. The van der Waals surface area contributed by atoms with E-state index in [-0.39, 0.29) is 5.82 Å². The van der Waals surface area contributed by atoms with E-state index in [9.17, 15) is 9.50 Å². The van der Waals surface area contributed by atoms with E-state index in [0.29, 0.717) is 21.5 Å². The van der Waals surface area contributed by atoms with Crippen LogP contribution in [0.15, 0.2) is 48.7 Å². The fourth-order valence-electron chi connectivity index (χ4n) is 2.16. The Kier molecular flexibility index (Phi) is 3.45. The van der Waals surface area contributed by atoms with Crippen molar-refractivity contribution < 1.29 is 9.50 Å². The summed E-state index contributed by atoms with van der Waals surface area (Å²) in [5.74, 6) is 0.500. The standard InChI is InChI=1S/C14H11FN2OS2/c15-11-5-3-4-10(8-11)14(18)9-20-13(19)17(14)12-6-1-2-7-16-12/h1-8,18H,9H2. The van der Waals surface area contributed by atoms with E-state index in [1.165, 1.54) is 23.9 Å². The maximum absolute atomic E-state index is 13.4. The van der Waals surface area contributed by atoms with Crippen LogP contribution in [0.3, 0.4) is 0 Å². The molecule has 1 N–H and O–H groups in total. The van der Waals surface area contributed by atoms with Gasteiger partial charge < -0.3 is 5.11 Å². The molecule has 102 valence electrons. The number of aromatic nitrogens is 1. The number of hydrogen-bond acceptors (Lipinski definition) is 4. The van der Waals surface area contributed by atoms with Gasteiger partial charge in [0.05, 0.1) is 5.75 Å². The molecule has 1 aliphatic rings. The number of halogens is 1. The predicted octanol–water partition coefficient (Wildman–Crippen LogP) is 2.90. The van der Waals surface area contributed by atoms with Crippen LogP contribution in [0.5, 0.6) is 0 Å². The largest absolute Gasteiger partial charge is 0.366 e. The molecule has 0 bridgehead atoms. The van der Waals surface area contributed by atoms with E-state index in [1.807, 2.05) is 6.07 Å². The third kappa shape index (κ3) is 2.19. The summed E-state index contributed by atoms with van der Waals surface area (Å²) < 4.78 is 14.0. The molecule has 3 nitrogen and oxygen atoms in total. The van der Waals surface area contributed by atoms with Crippen molar-refractivity contribution in [3.8, 4) is 0 Å². The van der Waals surface area contributed by atoms with Crippen LogP contribution in [0.1, 0.15) is 5.56 Å². The third-order valence-corrected chi connectivity index (χ3v) is 4.63. The van der Waals surface area contributed by atoms with Crippen molar-refractivity contribution in [2.45, 2.75) is 5.72 Å². The lowest BCUT2D eigenvalue weighted by molar-refractivity contribution is 0.0762. The van der Waals surface area contributed by atoms with Crippen molar-refractivity contribution in [2.24, 2.45) is 0 Å². The minimum Gasteiger partial charge on any atom is -0.366 e. The molecule has 20 heavy (non-hydrogen) atoms. The monoisotopic (exact) mass is 306 g/mol. The maximum atomic E-state index is 13.4. The number of aliphatic hydroxyl groups is 1. The Balaban J connectivity index is 2.09. The van der Waals surface area contributed by atoms with Gasteiger partial charge >= 0.3 is 0 Å². The van der Waals surface area contributed by atoms with Crippen LogP contribution in [0, 0.1) is 5.82 Å². The third-order valence-electron chi connectivity index (χ3n) is 3.11. The number of benzene rings is 1. The number of thiocarbonyl (C=S) groups is 1. The van der Waals surface area contributed by atoms with E-state index >= 15 is 0 Å². The minimum absolute atomic E-state index is 0.339. The average Bonchev–Trinajstić information content (AvgIpc) is 2.77. The number of pyridine rings is 1. The Hall–Kier alpha value is -1.50. The number of nitrogens with zero attached hydrogens (tertiary/aromatic N) is 2. The topological polar surface area (TPSA) is 36.4 Å². The van der Waals surface area contributed by atoms with Crippen molar-refractivity contribution in [2.75, 3.05) is 10.7 Å². The van der Waals surface area contributed by atoms with Crippen molar-refractivity contribution in [1.29, 1.82) is 0 Å². The first-order valence-electron chi connectivity index (χ1n) is 5.98. The van der Waals surface area contributed by atoms with Crippen LogP contribution in [-0.4, -0.2) is 20.2 Å². The van der Waals surface area contributed by atoms with Gasteiger partial charge in [-0.25, -0.2) is 9.37 Å². The highest BCUT2D eigenvalue weighted by molar-refractivity contribution is 8.23. The lowest BCUT2D eigenvalue weighted by Crippen LogP contribution is -2.45. The number of thioether (sulfide) groups is 1. The molecular weight excluding hydrogens is 295 g/mol. The molecule has 0 radical (unpaired) electrons. The summed E-state index contributed by atoms with van der Waals surface area (Å²) in [6.07, 6.45) is 1.63. The van der Waals surface area contributed by atoms with Gasteiger partial charge in [-0.05, 0) is 24.3 Å². The molecule has 1 fully saturated rings. The summed E-state index contributed by atoms with van der Waals surface area (Å²) in [7, 11) is 0. The van der Waals surface area contributed by atoms with Gasteiger partial charge in [-0.2, -0.15) is 0 Å². The zero-order valence-corrected chi connectivity index (χ0v) is 12.0. The van der Waals surface area contributed by atoms with Crippen molar-refractivity contribution in [3.05, 3.63) is 60.0 Å². The smallest absolute Gasteiger partial charge is 0.180 e. The highest BCUT2D eigenvalue weighted by Crippen LogP contribution is 2.41. The maximum Gasteiger partial charge on any atom is 0.180 e. The highest BCUT2D eigenvalue weighted by Gasteiger charge is 2.45. The van der Waals surface area contributed by atoms with Crippen molar-refractivity contribution >= 4 is 34.1 Å². The Morgan fingerprint density at radius 2 is 2.15 bits per heavy atom. The van der Waals surface area contributed by atoms with Gasteiger partial charge in [0.1, 0.15) is 16.0 Å². The second kappa shape index (κ2) is 5.12. The number of hydrogen-bond donors (Lipinski definition) is 1. The molecule has 1 unspecified atom stereocenters. The van der Waals surface area contributed by atoms with E-state index in [0.717, 1.165) is 0 Å². The summed E-state index contributed by atoms with van der Waals surface area (Å²) in [6, 6.07) is 11.3. The molecule has 0 aliphatic carbocycles. The van der Waals surface area contributed by atoms with Crippen LogP contribution >= 0.6 is 24.0 Å². The number of anilines is 1. The summed E-state index contributed by atoms with van der Waals surface area (Å²) in [5, 5.41) is 11.0. The summed E-state index contributed by atoms with van der Waals surface area (Å²) in [6.45, 7) is 0. The van der Waals surface area contributed by atoms with Crippen LogP contribution in [0.2, 0.25) is 0 Å². The molecule has 0 amide bonds. The molecular formula is C14H11FN2OS2. The van der Waals surface area contributed by atoms with Crippen LogP contribution in [-0.2, 0) is 5.72 Å². The second-order valence-electron chi connectivity index (χ2n) is 4.40. The first-order chi connectivity index (χ1) is 9.61. The molecule has 1 aliphatic heterocycles. The van der Waals surface area contributed by atoms with Gasteiger partial charge in [-0.3, -0.25) is 4.90 Å². The van der Waals surface area contributed by atoms with Gasteiger partial charge in [0.2, 0.25) is 0 Å². The van der Waals surface area contributed by atoms with Gasteiger partial charge in [-0.1, -0.05) is 42.2 Å². The average molecular weight is 306 g/mol. The Morgan fingerprint density at radius 1 is 1.30 bits per heavy atom. The second-order valence-corrected chi connectivity index (χ2v) is 6.01. The Morgan fingerprint density at radius 3 is 2.85 bits per heavy atom. The fourth-order valence-corrected chi connectivity index (χ4v) is 3.58. The first-order valence-corrected chi connectivity index (χ1v) is 7.37. The molecule has 2 aromatic rings. The van der Waals surface area contributed by atoms with Crippen LogP contribution < -0.4 is 4.90 Å². The quantitative estimate of drug-likeness (QED) is 0.863. The van der Waals surface area contributed by atoms with Crippen molar-refractivity contribution in [1.82, 2.24) is 4.98 Å². The van der Waals surface area contributed by atoms with E-state index in [4.69, 9.17) is 12.2 Å². The van der Waals surface area contributed by atoms with Gasteiger partial charge in [0, 0.05) is 11.8 Å². The van der Waals surface area contributed by atoms with Crippen molar-refractivity contribution in [3.63, 3.8) is 0 Å². The molecule has 1 saturated heterocycles.